The average Bonchev–Trinajstić information content (AvgIpc) is 2.98. The van der Waals surface area contributed by atoms with Gasteiger partial charge in [0.2, 0.25) is 0 Å². The minimum absolute atomic E-state index is 0.0225. The molecule has 6 atom stereocenters. The van der Waals surface area contributed by atoms with Crippen molar-refractivity contribution in [1.29, 1.82) is 0 Å². The zero-order chi connectivity index (χ0) is 26.7. The van der Waals surface area contributed by atoms with E-state index in [-0.39, 0.29) is 36.4 Å². The Kier molecular flexibility index (Phi) is 10.2. The molecule has 0 radical (unpaired) electrons. The molecular formula is C34H40N2O2. The first-order valence-corrected chi connectivity index (χ1v) is 13.4. The van der Waals surface area contributed by atoms with Gasteiger partial charge in [-0.25, -0.2) is 0 Å². The second kappa shape index (κ2) is 14.0. The highest BCUT2D eigenvalue weighted by molar-refractivity contribution is 5.29. The van der Waals surface area contributed by atoms with Gasteiger partial charge in [-0.3, -0.25) is 0 Å². The van der Waals surface area contributed by atoms with E-state index in [2.05, 4.69) is 134 Å². The van der Waals surface area contributed by atoms with Gasteiger partial charge in [0.05, 0.1) is 24.3 Å². The summed E-state index contributed by atoms with van der Waals surface area (Å²) in [5.74, 6) is 0. The maximum Gasteiger partial charge on any atom is 0.0971 e. The van der Waals surface area contributed by atoms with Crippen LogP contribution in [0.2, 0.25) is 0 Å². The van der Waals surface area contributed by atoms with Gasteiger partial charge in [0.25, 0.3) is 0 Å². The maximum atomic E-state index is 6.01. The number of hydrogen-bond donors (Lipinski definition) is 2. The highest BCUT2D eigenvalue weighted by Gasteiger charge is 2.32. The summed E-state index contributed by atoms with van der Waals surface area (Å²) in [6, 6.07) is 42.2. The fraction of sp³-hybridized carbons (Fsp3) is 0.294. The lowest BCUT2D eigenvalue weighted by Gasteiger charge is -2.37. The standard InChI is InChI=1S/C34H40N2O2/c1-25(33(37-3)29-21-13-7-14-22-29)35-31(27-17-9-5-10-18-27)32(28-19-11-6-12-20-28)36-26(2)34(38-4)30-23-15-8-16-24-30/h5-26,31-36H,1-4H3/t25-,26-,31-,32+,33-,34-/m0/s1. The van der Waals surface area contributed by atoms with Crippen LogP contribution in [0.1, 0.15) is 60.4 Å². The molecule has 0 heterocycles. The van der Waals surface area contributed by atoms with Crippen molar-refractivity contribution in [2.45, 2.75) is 50.2 Å². The van der Waals surface area contributed by atoms with Crippen molar-refractivity contribution >= 4 is 0 Å². The third kappa shape index (κ3) is 6.97. The Morgan fingerprint density at radius 1 is 0.421 bits per heavy atom. The smallest absolute Gasteiger partial charge is 0.0971 e. The Bertz CT molecular complexity index is 1090. The van der Waals surface area contributed by atoms with Gasteiger partial charge >= 0.3 is 0 Å². The molecule has 0 unspecified atom stereocenters. The van der Waals surface area contributed by atoms with Crippen LogP contribution >= 0.6 is 0 Å². The SMILES string of the molecule is CO[C@H](c1ccccc1)[C@H](C)N[C@H](c1ccccc1)[C@@H](N[C@@H](C)[C@H](OC)c1ccccc1)c1ccccc1. The molecule has 4 aromatic carbocycles. The molecule has 0 saturated heterocycles. The molecular weight excluding hydrogens is 468 g/mol. The van der Waals surface area contributed by atoms with Crippen LogP contribution in [0.25, 0.3) is 0 Å². The van der Waals surface area contributed by atoms with E-state index in [1.54, 1.807) is 14.2 Å². The largest absolute Gasteiger partial charge is 0.375 e. The van der Waals surface area contributed by atoms with E-state index < -0.39 is 0 Å². The third-order valence-corrected chi connectivity index (χ3v) is 7.21. The second-order valence-corrected chi connectivity index (χ2v) is 9.82. The van der Waals surface area contributed by atoms with Crippen LogP contribution in [0.4, 0.5) is 0 Å². The highest BCUT2D eigenvalue weighted by Crippen LogP contribution is 2.34. The first-order valence-electron chi connectivity index (χ1n) is 13.4. The van der Waals surface area contributed by atoms with Crippen LogP contribution in [0.15, 0.2) is 121 Å². The van der Waals surface area contributed by atoms with Crippen molar-refractivity contribution in [3.63, 3.8) is 0 Å². The van der Waals surface area contributed by atoms with Gasteiger partial charge in [0.15, 0.2) is 0 Å². The van der Waals surface area contributed by atoms with Crippen LogP contribution < -0.4 is 10.6 Å². The molecule has 198 valence electrons. The van der Waals surface area contributed by atoms with Crippen molar-refractivity contribution in [2.24, 2.45) is 0 Å². The van der Waals surface area contributed by atoms with E-state index in [4.69, 9.17) is 9.47 Å². The molecule has 0 amide bonds. The number of ether oxygens (including phenoxy) is 2. The molecule has 4 nitrogen and oxygen atoms in total. The second-order valence-electron chi connectivity index (χ2n) is 9.82. The predicted molar refractivity (Wildman–Crippen MR) is 156 cm³/mol. The molecule has 0 aliphatic heterocycles. The van der Waals surface area contributed by atoms with Crippen LogP contribution in [-0.4, -0.2) is 26.3 Å². The molecule has 4 rings (SSSR count). The molecule has 4 heteroatoms. The maximum absolute atomic E-state index is 6.01. The van der Waals surface area contributed by atoms with E-state index in [9.17, 15) is 0 Å². The molecule has 0 bridgehead atoms. The van der Waals surface area contributed by atoms with Crippen LogP contribution in [0, 0.1) is 0 Å². The molecule has 0 spiro atoms. The summed E-state index contributed by atoms with van der Waals surface area (Å²) in [7, 11) is 3.57. The number of nitrogens with one attached hydrogen (secondary N) is 2. The lowest BCUT2D eigenvalue weighted by molar-refractivity contribution is 0.0573. The van der Waals surface area contributed by atoms with E-state index in [0.29, 0.717) is 0 Å². The number of methoxy groups -OCH3 is 2. The number of hydrogen-bond acceptors (Lipinski definition) is 4. The van der Waals surface area contributed by atoms with Crippen LogP contribution in [0.5, 0.6) is 0 Å². The van der Waals surface area contributed by atoms with E-state index in [1.165, 1.54) is 11.1 Å². The van der Waals surface area contributed by atoms with Gasteiger partial charge in [-0.15, -0.1) is 0 Å². The van der Waals surface area contributed by atoms with Crippen molar-refractivity contribution in [3.05, 3.63) is 144 Å². The lowest BCUT2D eigenvalue weighted by Crippen LogP contribution is -2.45. The van der Waals surface area contributed by atoms with E-state index in [0.717, 1.165) is 11.1 Å². The summed E-state index contributed by atoms with van der Waals surface area (Å²) in [5, 5.41) is 7.91. The Morgan fingerprint density at radius 3 is 0.947 bits per heavy atom. The van der Waals surface area contributed by atoms with Crippen molar-refractivity contribution in [2.75, 3.05) is 14.2 Å². The van der Waals surface area contributed by atoms with E-state index in [1.807, 2.05) is 12.1 Å². The molecule has 38 heavy (non-hydrogen) atoms. The van der Waals surface area contributed by atoms with Gasteiger partial charge in [0.1, 0.15) is 0 Å². The quantitative estimate of drug-likeness (QED) is 0.200. The highest BCUT2D eigenvalue weighted by atomic mass is 16.5. The third-order valence-electron chi connectivity index (χ3n) is 7.21. The van der Waals surface area contributed by atoms with Gasteiger partial charge in [-0.1, -0.05) is 121 Å². The Hall–Kier alpha value is -3.28. The fourth-order valence-electron chi connectivity index (χ4n) is 5.37. The molecule has 0 saturated carbocycles. The van der Waals surface area contributed by atoms with Gasteiger partial charge in [-0.2, -0.15) is 0 Å². The Labute approximate surface area is 228 Å². The fourth-order valence-corrected chi connectivity index (χ4v) is 5.37. The first-order chi connectivity index (χ1) is 18.6. The summed E-state index contributed by atoms with van der Waals surface area (Å²) in [4.78, 5) is 0. The zero-order valence-electron chi connectivity index (χ0n) is 22.8. The summed E-state index contributed by atoms with van der Waals surface area (Å²) in [6.45, 7) is 4.40. The van der Waals surface area contributed by atoms with E-state index >= 15 is 0 Å². The van der Waals surface area contributed by atoms with Gasteiger partial charge in [-0.05, 0) is 36.1 Å². The molecule has 0 aliphatic rings. The molecule has 0 fully saturated rings. The Balaban J connectivity index is 1.70. The Morgan fingerprint density at radius 2 is 0.684 bits per heavy atom. The summed E-state index contributed by atoms with van der Waals surface area (Å²) in [5.41, 5.74) is 4.74. The summed E-state index contributed by atoms with van der Waals surface area (Å²) in [6.07, 6.45) is -0.181. The van der Waals surface area contributed by atoms with Crippen molar-refractivity contribution in [3.8, 4) is 0 Å². The zero-order valence-corrected chi connectivity index (χ0v) is 22.8. The normalized spacial score (nSPS) is 16.2. The summed E-state index contributed by atoms with van der Waals surface area (Å²) >= 11 is 0. The van der Waals surface area contributed by atoms with Crippen molar-refractivity contribution in [1.82, 2.24) is 10.6 Å². The molecule has 0 aliphatic carbocycles. The predicted octanol–water partition coefficient (Wildman–Crippen LogP) is 7.20. The number of benzene rings is 4. The summed E-state index contributed by atoms with van der Waals surface area (Å²) < 4.78 is 12.0. The molecule has 4 aromatic rings. The van der Waals surface area contributed by atoms with Crippen LogP contribution in [-0.2, 0) is 9.47 Å². The van der Waals surface area contributed by atoms with Crippen LogP contribution in [0.3, 0.4) is 0 Å². The first kappa shape index (κ1) is 27.7. The molecule has 2 N–H and O–H groups in total. The van der Waals surface area contributed by atoms with Gasteiger partial charge in [0, 0.05) is 26.3 Å². The lowest BCUT2D eigenvalue weighted by atomic mass is 9.90. The average molecular weight is 509 g/mol. The minimum atomic E-state index is -0.0905. The van der Waals surface area contributed by atoms with Gasteiger partial charge < -0.3 is 20.1 Å². The van der Waals surface area contributed by atoms with Crippen molar-refractivity contribution < 1.29 is 9.47 Å². The topological polar surface area (TPSA) is 42.5 Å². The monoisotopic (exact) mass is 508 g/mol. The molecule has 0 aromatic heterocycles. The minimum Gasteiger partial charge on any atom is -0.375 e. The number of rotatable bonds is 13.